The number of nitrogens with zero attached hydrogens (tertiary/aromatic N) is 1. The third-order valence-electron chi connectivity index (χ3n) is 3.62. The molecule has 0 radical (unpaired) electrons. The van der Waals surface area contributed by atoms with Gasteiger partial charge in [0.15, 0.2) is 6.23 Å². The van der Waals surface area contributed by atoms with Gasteiger partial charge in [0.25, 0.3) is 5.56 Å². The second kappa shape index (κ2) is 5.08. The lowest BCUT2D eigenvalue weighted by molar-refractivity contribution is -0.0527. The van der Waals surface area contributed by atoms with Crippen molar-refractivity contribution in [2.24, 2.45) is 0 Å². The Morgan fingerprint density at radius 2 is 1.90 bits per heavy atom. The number of rotatable bonds is 2. The maximum Gasteiger partial charge on any atom is 0.331 e. The van der Waals surface area contributed by atoms with Crippen molar-refractivity contribution in [1.82, 2.24) is 9.55 Å². The van der Waals surface area contributed by atoms with Crippen LogP contribution in [0.1, 0.15) is 6.23 Å². The van der Waals surface area contributed by atoms with Gasteiger partial charge in [0.2, 0.25) is 0 Å². The Balaban J connectivity index is 2.22. The van der Waals surface area contributed by atoms with Crippen LogP contribution >= 0.6 is 0 Å². The van der Waals surface area contributed by atoms with Crippen molar-refractivity contribution in [2.75, 3.05) is 6.61 Å². The van der Waals surface area contributed by atoms with Crippen LogP contribution in [0.2, 0.25) is 0 Å². The van der Waals surface area contributed by atoms with Crippen LogP contribution in [0.5, 0.6) is 0 Å². The van der Waals surface area contributed by atoms with Gasteiger partial charge in [-0.2, -0.15) is 0 Å². The Hall–Kier alpha value is -2.00. The standard InChI is InChI=1S/C13H14N2O6/c16-5-8-9(17)10(18)12(21-8)15-7-4-2-1-3-6(7)11(19)14-13(15)20/h1-4,8-10,12,16-18H,5H2,(H,14,19,20). The molecule has 1 aliphatic rings. The Morgan fingerprint density at radius 3 is 2.57 bits per heavy atom. The summed E-state index contributed by atoms with van der Waals surface area (Å²) in [5, 5.41) is 29.2. The summed E-state index contributed by atoms with van der Waals surface area (Å²) in [6, 6.07) is 6.36. The highest BCUT2D eigenvalue weighted by Gasteiger charge is 2.44. The van der Waals surface area contributed by atoms with Crippen LogP contribution in [0.25, 0.3) is 10.9 Å². The van der Waals surface area contributed by atoms with Crippen molar-refractivity contribution in [2.45, 2.75) is 24.5 Å². The Bertz CT molecular complexity index is 782. The van der Waals surface area contributed by atoms with Gasteiger partial charge < -0.3 is 20.1 Å². The van der Waals surface area contributed by atoms with Crippen LogP contribution in [-0.4, -0.2) is 49.8 Å². The number of H-pyrrole nitrogens is 1. The molecule has 4 unspecified atom stereocenters. The minimum Gasteiger partial charge on any atom is -0.394 e. The second-order valence-corrected chi connectivity index (χ2v) is 4.88. The van der Waals surface area contributed by atoms with Gasteiger partial charge in [-0.25, -0.2) is 4.79 Å². The molecule has 4 atom stereocenters. The molecule has 8 nitrogen and oxygen atoms in total. The first-order valence-corrected chi connectivity index (χ1v) is 6.40. The Labute approximate surface area is 117 Å². The zero-order chi connectivity index (χ0) is 15.1. The van der Waals surface area contributed by atoms with Gasteiger partial charge in [0, 0.05) is 0 Å². The maximum absolute atomic E-state index is 12.1. The van der Waals surface area contributed by atoms with Gasteiger partial charge in [-0.05, 0) is 12.1 Å². The Morgan fingerprint density at radius 1 is 1.19 bits per heavy atom. The number of nitrogens with one attached hydrogen (secondary N) is 1. The number of fused-ring (bicyclic) bond motifs is 1. The molecule has 0 spiro atoms. The van der Waals surface area contributed by atoms with Crippen molar-refractivity contribution in [3.05, 3.63) is 45.1 Å². The Kier molecular flexibility index (Phi) is 3.38. The molecule has 1 aromatic carbocycles. The number of ether oxygens (including phenoxy) is 1. The van der Waals surface area contributed by atoms with Crippen molar-refractivity contribution in [1.29, 1.82) is 0 Å². The molecular weight excluding hydrogens is 280 g/mol. The number of hydrogen-bond acceptors (Lipinski definition) is 6. The summed E-state index contributed by atoms with van der Waals surface area (Å²) in [5.74, 6) is 0. The molecule has 2 aromatic rings. The summed E-state index contributed by atoms with van der Waals surface area (Å²) in [4.78, 5) is 26.0. The van der Waals surface area contributed by atoms with Gasteiger partial charge in [-0.1, -0.05) is 12.1 Å². The van der Waals surface area contributed by atoms with E-state index in [-0.39, 0.29) is 10.9 Å². The number of aromatic amines is 1. The minimum atomic E-state index is -1.39. The lowest BCUT2D eigenvalue weighted by Gasteiger charge is -2.19. The zero-order valence-electron chi connectivity index (χ0n) is 10.8. The third kappa shape index (κ3) is 2.09. The SMILES string of the molecule is O=c1[nH]c(=O)n(C2OC(CO)C(O)C2O)c2ccccc12. The highest BCUT2D eigenvalue weighted by Crippen LogP contribution is 2.29. The van der Waals surface area contributed by atoms with Crippen LogP contribution in [0.3, 0.4) is 0 Å². The molecule has 0 amide bonds. The fourth-order valence-electron chi connectivity index (χ4n) is 2.56. The molecule has 1 aliphatic heterocycles. The van der Waals surface area contributed by atoms with E-state index in [0.717, 1.165) is 4.57 Å². The monoisotopic (exact) mass is 294 g/mol. The molecule has 0 saturated carbocycles. The molecule has 0 aliphatic carbocycles. The molecule has 3 rings (SSSR count). The zero-order valence-corrected chi connectivity index (χ0v) is 10.8. The second-order valence-electron chi connectivity index (χ2n) is 4.88. The number of para-hydroxylation sites is 1. The smallest absolute Gasteiger partial charge is 0.331 e. The van der Waals surface area contributed by atoms with E-state index in [1.807, 2.05) is 0 Å². The number of aliphatic hydroxyl groups is 3. The van der Waals surface area contributed by atoms with Crippen LogP contribution in [-0.2, 0) is 4.74 Å². The number of hydrogen-bond donors (Lipinski definition) is 4. The molecule has 0 bridgehead atoms. The van der Waals surface area contributed by atoms with E-state index >= 15 is 0 Å². The van der Waals surface area contributed by atoms with Crippen LogP contribution in [0, 0.1) is 0 Å². The lowest BCUT2D eigenvalue weighted by Crippen LogP contribution is -2.38. The molecule has 21 heavy (non-hydrogen) atoms. The van der Waals surface area contributed by atoms with E-state index < -0.39 is 42.4 Å². The fourth-order valence-corrected chi connectivity index (χ4v) is 2.56. The number of aliphatic hydroxyl groups excluding tert-OH is 3. The van der Waals surface area contributed by atoms with Crippen molar-refractivity contribution in [3.8, 4) is 0 Å². The molecule has 2 heterocycles. The van der Waals surface area contributed by atoms with Crippen LogP contribution < -0.4 is 11.2 Å². The number of aromatic nitrogens is 2. The van der Waals surface area contributed by atoms with E-state index in [9.17, 15) is 19.8 Å². The van der Waals surface area contributed by atoms with Crippen molar-refractivity contribution in [3.63, 3.8) is 0 Å². The summed E-state index contributed by atoms with van der Waals surface area (Å²) < 4.78 is 6.41. The van der Waals surface area contributed by atoms with Crippen molar-refractivity contribution >= 4 is 10.9 Å². The third-order valence-corrected chi connectivity index (χ3v) is 3.62. The summed E-state index contributed by atoms with van der Waals surface area (Å²) in [6.45, 7) is -0.495. The highest BCUT2D eigenvalue weighted by atomic mass is 16.6. The first-order chi connectivity index (χ1) is 10.0. The van der Waals surface area contributed by atoms with E-state index in [4.69, 9.17) is 9.84 Å². The first kappa shape index (κ1) is 14.0. The molecule has 1 fully saturated rings. The molecule has 1 saturated heterocycles. The predicted molar refractivity (Wildman–Crippen MR) is 71.8 cm³/mol. The van der Waals surface area contributed by atoms with Gasteiger partial charge in [-0.3, -0.25) is 14.3 Å². The average Bonchev–Trinajstić information content (AvgIpc) is 2.75. The van der Waals surface area contributed by atoms with Crippen molar-refractivity contribution < 1.29 is 20.1 Å². The van der Waals surface area contributed by atoms with Crippen LogP contribution in [0.4, 0.5) is 0 Å². The highest BCUT2D eigenvalue weighted by molar-refractivity contribution is 5.77. The van der Waals surface area contributed by atoms with E-state index in [0.29, 0.717) is 0 Å². The lowest BCUT2D eigenvalue weighted by atomic mass is 10.1. The molecule has 112 valence electrons. The van der Waals surface area contributed by atoms with Crippen LogP contribution in [0.15, 0.2) is 33.9 Å². The molecule has 4 N–H and O–H groups in total. The summed E-state index contributed by atoms with van der Waals surface area (Å²) in [5.41, 5.74) is -1.02. The number of benzene rings is 1. The summed E-state index contributed by atoms with van der Waals surface area (Å²) >= 11 is 0. The summed E-state index contributed by atoms with van der Waals surface area (Å²) in [6.07, 6.45) is -4.90. The fraction of sp³-hybridized carbons (Fsp3) is 0.385. The van der Waals surface area contributed by atoms with Gasteiger partial charge in [0.05, 0.1) is 17.5 Å². The normalized spacial score (nSPS) is 29.1. The topological polar surface area (TPSA) is 125 Å². The van der Waals surface area contributed by atoms with E-state index in [1.54, 1.807) is 18.2 Å². The molecule has 1 aromatic heterocycles. The largest absolute Gasteiger partial charge is 0.394 e. The van der Waals surface area contributed by atoms with Gasteiger partial charge in [0.1, 0.15) is 18.3 Å². The molecule has 8 heteroatoms. The average molecular weight is 294 g/mol. The minimum absolute atomic E-state index is 0.259. The van der Waals surface area contributed by atoms with Gasteiger partial charge in [-0.15, -0.1) is 0 Å². The molecular formula is C13H14N2O6. The van der Waals surface area contributed by atoms with E-state index in [1.165, 1.54) is 6.07 Å². The van der Waals surface area contributed by atoms with Gasteiger partial charge >= 0.3 is 5.69 Å². The maximum atomic E-state index is 12.1. The predicted octanol–water partition coefficient (Wildman–Crippen LogP) is -1.70. The van der Waals surface area contributed by atoms with E-state index in [2.05, 4.69) is 4.98 Å². The quantitative estimate of drug-likeness (QED) is 0.523. The summed E-state index contributed by atoms with van der Waals surface area (Å²) in [7, 11) is 0. The first-order valence-electron chi connectivity index (χ1n) is 6.40.